The van der Waals surface area contributed by atoms with Crippen LogP contribution in [0, 0.1) is 6.92 Å². The highest BCUT2D eigenvalue weighted by molar-refractivity contribution is 6.04. The Morgan fingerprint density at radius 2 is 2.13 bits per heavy atom. The van der Waals surface area contributed by atoms with Gasteiger partial charge in [-0.25, -0.2) is 0 Å². The van der Waals surface area contributed by atoms with Gasteiger partial charge in [-0.15, -0.1) is 0 Å². The first kappa shape index (κ1) is 11.4. The molecule has 0 spiro atoms. The second-order valence-electron chi connectivity index (χ2n) is 3.28. The SMILES string of the molecule is CCOc1ccc(C)c(C=O)c1C(C)=O. The number of carbonyl (C=O) groups is 2. The smallest absolute Gasteiger partial charge is 0.164 e. The van der Waals surface area contributed by atoms with Crippen molar-refractivity contribution in [2.24, 2.45) is 0 Å². The van der Waals surface area contributed by atoms with Crippen LogP contribution in [0.3, 0.4) is 0 Å². The first-order valence-electron chi connectivity index (χ1n) is 4.84. The zero-order valence-electron chi connectivity index (χ0n) is 9.16. The third kappa shape index (κ3) is 2.24. The molecule has 3 nitrogen and oxygen atoms in total. The summed E-state index contributed by atoms with van der Waals surface area (Å²) in [5.41, 5.74) is 1.60. The summed E-state index contributed by atoms with van der Waals surface area (Å²) in [6.07, 6.45) is 0.703. The minimum Gasteiger partial charge on any atom is -0.493 e. The second kappa shape index (κ2) is 4.73. The van der Waals surface area contributed by atoms with Crippen molar-refractivity contribution >= 4 is 12.1 Å². The van der Waals surface area contributed by atoms with E-state index in [9.17, 15) is 9.59 Å². The lowest BCUT2D eigenvalue weighted by Gasteiger charge is -2.11. The van der Waals surface area contributed by atoms with Crippen LogP contribution in [0.1, 0.15) is 40.1 Å². The van der Waals surface area contributed by atoms with Gasteiger partial charge in [0, 0.05) is 5.56 Å². The van der Waals surface area contributed by atoms with Gasteiger partial charge in [-0.1, -0.05) is 6.07 Å². The predicted molar refractivity (Wildman–Crippen MR) is 57.7 cm³/mol. The van der Waals surface area contributed by atoms with Crippen LogP contribution < -0.4 is 4.74 Å². The number of benzene rings is 1. The summed E-state index contributed by atoms with van der Waals surface area (Å²) in [6, 6.07) is 3.50. The van der Waals surface area contributed by atoms with Crippen LogP contribution >= 0.6 is 0 Å². The van der Waals surface area contributed by atoms with Gasteiger partial charge >= 0.3 is 0 Å². The van der Waals surface area contributed by atoms with Crippen LogP contribution in [0.15, 0.2) is 12.1 Å². The number of aryl methyl sites for hydroxylation is 1. The molecule has 0 saturated carbocycles. The van der Waals surface area contributed by atoms with Gasteiger partial charge in [0.05, 0.1) is 12.2 Å². The van der Waals surface area contributed by atoms with Gasteiger partial charge in [0.15, 0.2) is 12.1 Å². The van der Waals surface area contributed by atoms with E-state index in [1.807, 2.05) is 6.92 Å². The van der Waals surface area contributed by atoms with Gasteiger partial charge in [-0.05, 0) is 32.4 Å². The van der Waals surface area contributed by atoms with E-state index in [1.54, 1.807) is 19.1 Å². The Morgan fingerprint density at radius 3 is 2.60 bits per heavy atom. The number of Topliss-reactive ketones (excluding diaryl/α,β-unsaturated/α-hetero) is 1. The van der Waals surface area contributed by atoms with Crippen molar-refractivity contribution < 1.29 is 14.3 Å². The predicted octanol–water partition coefficient (Wildman–Crippen LogP) is 2.41. The van der Waals surface area contributed by atoms with Crippen molar-refractivity contribution in [2.75, 3.05) is 6.61 Å². The molecule has 0 unspecified atom stereocenters. The van der Waals surface area contributed by atoms with Crippen molar-refractivity contribution in [3.05, 3.63) is 28.8 Å². The number of ketones is 1. The highest BCUT2D eigenvalue weighted by Gasteiger charge is 2.15. The molecule has 0 fully saturated rings. The first-order valence-corrected chi connectivity index (χ1v) is 4.84. The van der Waals surface area contributed by atoms with Gasteiger partial charge in [0.1, 0.15) is 5.75 Å². The summed E-state index contributed by atoms with van der Waals surface area (Å²) >= 11 is 0. The molecule has 0 radical (unpaired) electrons. The Balaban J connectivity index is 3.41. The number of carbonyl (C=O) groups excluding carboxylic acids is 2. The maximum absolute atomic E-state index is 11.4. The summed E-state index contributed by atoms with van der Waals surface area (Å²) < 4.78 is 5.32. The van der Waals surface area contributed by atoms with Gasteiger partial charge in [-0.3, -0.25) is 9.59 Å². The molecule has 0 bridgehead atoms. The summed E-state index contributed by atoms with van der Waals surface area (Å²) in [4.78, 5) is 22.3. The Hall–Kier alpha value is -1.64. The van der Waals surface area contributed by atoms with Crippen LogP contribution in [0.4, 0.5) is 0 Å². The Labute approximate surface area is 89.1 Å². The molecule has 1 aromatic carbocycles. The molecule has 0 amide bonds. The fourth-order valence-corrected chi connectivity index (χ4v) is 1.49. The molecule has 0 heterocycles. The maximum Gasteiger partial charge on any atom is 0.164 e. The van der Waals surface area contributed by atoms with Crippen LogP contribution in [0.5, 0.6) is 5.75 Å². The molecule has 0 saturated heterocycles. The van der Waals surface area contributed by atoms with Crippen molar-refractivity contribution in [1.82, 2.24) is 0 Å². The number of hydrogen-bond donors (Lipinski definition) is 0. The van der Waals surface area contributed by atoms with Crippen LogP contribution in [0.2, 0.25) is 0 Å². The Bertz CT molecular complexity index is 394. The second-order valence-corrected chi connectivity index (χ2v) is 3.28. The third-order valence-electron chi connectivity index (χ3n) is 2.20. The lowest BCUT2D eigenvalue weighted by Crippen LogP contribution is -2.06. The molecule has 15 heavy (non-hydrogen) atoms. The van der Waals surface area contributed by atoms with E-state index in [-0.39, 0.29) is 5.78 Å². The van der Waals surface area contributed by atoms with Crippen LogP contribution in [-0.4, -0.2) is 18.7 Å². The van der Waals surface area contributed by atoms with Gasteiger partial charge < -0.3 is 4.74 Å². The number of rotatable bonds is 4. The fraction of sp³-hybridized carbons (Fsp3) is 0.333. The van der Waals surface area contributed by atoms with Gasteiger partial charge in [0.25, 0.3) is 0 Å². The van der Waals surface area contributed by atoms with Crippen molar-refractivity contribution in [2.45, 2.75) is 20.8 Å². The zero-order valence-corrected chi connectivity index (χ0v) is 9.16. The minimum atomic E-state index is -0.149. The topological polar surface area (TPSA) is 43.4 Å². The van der Waals surface area contributed by atoms with Crippen LogP contribution in [0.25, 0.3) is 0 Å². The molecule has 0 N–H and O–H groups in total. The molecule has 0 aromatic heterocycles. The van der Waals surface area contributed by atoms with Crippen LogP contribution in [-0.2, 0) is 0 Å². The molecule has 0 aliphatic rings. The van der Waals surface area contributed by atoms with E-state index in [2.05, 4.69) is 0 Å². The summed E-state index contributed by atoms with van der Waals surface area (Å²) in [5.74, 6) is 0.335. The third-order valence-corrected chi connectivity index (χ3v) is 2.20. The fourth-order valence-electron chi connectivity index (χ4n) is 1.49. The summed E-state index contributed by atoms with van der Waals surface area (Å²) in [7, 11) is 0. The molecular formula is C12H14O3. The molecule has 0 atom stereocenters. The monoisotopic (exact) mass is 206 g/mol. The van der Waals surface area contributed by atoms with E-state index in [0.29, 0.717) is 29.8 Å². The van der Waals surface area contributed by atoms with Gasteiger partial charge in [-0.2, -0.15) is 0 Å². The Morgan fingerprint density at radius 1 is 1.47 bits per heavy atom. The van der Waals surface area contributed by atoms with Crippen molar-refractivity contribution in [1.29, 1.82) is 0 Å². The number of ether oxygens (including phenoxy) is 1. The summed E-state index contributed by atoms with van der Waals surface area (Å²) in [5, 5.41) is 0. The van der Waals surface area contributed by atoms with E-state index in [0.717, 1.165) is 5.56 Å². The highest BCUT2D eigenvalue weighted by atomic mass is 16.5. The van der Waals surface area contributed by atoms with E-state index in [1.165, 1.54) is 6.92 Å². The van der Waals surface area contributed by atoms with E-state index in [4.69, 9.17) is 4.74 Å². The molecule has 0 aliphatic heterocycles. The average Bonchev–Trinajstić information content (AvgIpc) is 2.20. The summed E-state index contributed by atoms with van der Waals surface area (Å²) in [6.45, 7) is 5.54. The molecule has 1 aromatic rings. The molecular weight excluding hydrogens is 192 g/mol. The van der Waals surface area contributed by atoms with E-state index < -0.39 is 0 Å². The van der Waals surface area contributed by atoms with Crippen molar-refractivity contribution in [3.8, 4) is 5.75 Å². The lowest BCUT2D eigenvalue weighted by atomic mass is 9.99. The Kier molecular flexibility index (Phi) is 3.61. The molecule has 1 rings (SSSR count). The highest BCUT2D eigenvalue weighted by Crippen LogP contribution is 2.24. The maximum atomic E-state index is 11.4. The number of aldehydes is 1. The average molecular weight is 206 g/mol. The molecule has 0 aliphatic carbocycles. The number of hydrogen-bond acceptors (Lipinski definition) is 3. The zero-order chi connectivity index (χ0) is 11.4. The minimum absolute atomic E-state index is 0.149. The van der Waals surface area contributed by atoms with E-state index >= 15 is 0 Å². The lowest BCUT2D eigenvalue weighted by molar-refractivity contribution is 0.100. The standard InChI is InChI=1S/C12H14O3/c1-4-15-11-6-5-8(2)10(7-13)12(11)9(3)14/h5-7H,4H2,1-3H3. The van der Waals surface area contributed by atoms with Gasteiger partial charge in [0.2, 0.25) is 0 Å². The normalized spacial score (nSPS) is 9.80. The quantitative estimate of drug-likeness (QED) is 0.561. The molecule has 3 heteroatoms. The first-order chi connectivity index (χ1) is 7.11. The molecule has 80 valence electrons. The van der Waals surface area contributed by atoms with Crippen molar-refractivity contribution in [3.63, 3.8) is 0 Å². The largest absolute Gasteiger partial charge is 0.493 e.